The Balaban J connectivity index is 0.650. The maximum atomic E-state index is 13.6. The number of nitrogens with one attached hydrogen (secondary N) is 5. The molecule has 4 amide bonds. The summed E-state index contributed by atoms with van der Waals surface area (Å²) < 4.78 is 41.8. The third-order valence-corrected chi connectivity index (χ3v) is 13.0. The Labute approximate surface area is 465 Å². The SMILES string of the molecule is COc1cc2ncnc(Nc3ccc(OCc4cccc(F)c4)c(Cl)c3)c2cc1OCCNC(=O)CCOCCOOCCOOCCOOCCOOCCOOCCOCCNC(=O)CCCCC1SCC2NC(=O)NC21. The van der Waals surface area contributed by atoms with E-state index >= 15 is 0 Å². The average Bonchev–Trinajstić information content (AvgIpc) is 4.07. The third-order valence-electron chi connectivity index (χ3n) is 11.2. The van der Waals surface area contributed by atoms with Gasteiger partial charge in [-0.2, -0.15) is 11.8 Å². The molecule has 0 spiro atoms. The van der Waals surface area contributed by atoms with Crippen molar-refractivity contribution in [1.29, 1.82) is 0 Å². The molecule has 1 aromatic heterocycles. The van der Waals surface area contributed by atoms with Crippen molar-refractivity contribution in [2.75, 3.05) is 130 Å². The molecule has 6 rings (SSSR count). The second kappa shape index (κ2) is 37.4. The molecule has 2 fully saturated rings. The van der Waals surface area contributed by atoms with Crippen LogP contribution in [0, 0.1) is 5.82 Å². The fraction of sp³-hybridized carbons (Fsp3) is 0.549. The van der Waals surface area contributed by atoms with Crippen LogP contribution < -0.4 is 40.8 Å². The van der Waals surface area contributed by atoms with Crippen LogP contribution in [-0.4, -0.2) is 170 Å². The van der Waals surface area contributed by atoms with Crippen LogP contribution in [0.1, 0.15) is 37.7 Å². The number of carbonyl (C=O) groups is 3. The lowest BCUT2D eigenvalue weighted by Gasteiger charge is -2.16. The molecule has 436 valence electrons. The summed E-state index contributed by atoms with van der Waals surface area (Å²) in [5, 5.41) is 16.2. The molecule has 2 aliphatic rings. The van der Waals surface area contributed by atoms with Gasteiger partial charge in [0.15, 0.2) is 11.5 Å². The minimum absolute atomic E-state index is 0.00601. The van der Waals surface area contributed by atoms with Crippen LogP contribution in [0.25, 0.3) is 10.9 Å². The third kappa shape index (κ3) is 24.4. The maximum absolute atomic E-state index is 13.6. The maximum Gasteiger partial charge on any atom is 0.315 e. The summed E-state index contributed by atoms with van der Waals surface area (Å²) in [6, 6.07) is 15.2. The quantitative estimate of drug-likeness (QED) is 0.0164. The minimum Gasteiger partial charge on any atom is -0.493 e. The first-order chi connectivity index (χ1) is 38.7. The number of amides is 4. The van der Waals surface area contributed by atoms with Crippen molar-refractivity contribution in [2.24, 2.45) is 0 Å². The molecule has 3 unspecified atom stereocenters. The standard InChI is InChI=1S/C51H69ClFN7O18S/c1-64-44-32-41-39(50(57-35-56-41)58-38-9-10-43(40(52)30-38)68-33-36-5-4-6-37(53)29-36)31-45(44)67-16-13-55-48(62)11-14-65-17-19-69-71-21-23-73-75-25-27-77-78-28-26-76-74-24-22-72-70-20-18-66-15-12-54-47(61)8-3-2-7-46-49-42(34-79-46)59-51(63)60-49/h4-6,9-10,29-32,35,42,46,49H,2-3,7-8,11-28,33-34H2,1H3,(H,54,61)(H,55,62)(H,56,57,58)(H2,59,60,63). The minimum atomic E-state index is -0.344. The topological polar surface area (TPSA) is 276 Å². The van der Waals surface area contributed by atoms with Gasteiger partial charge in [-0.05, 0) is 54.8 Å². The van der Waals surface area contributed by atoms with Crippen LogP contribution in [0.2, 0.25) is 5.02 Å². The number of rotatable bonds is 44. The molecule has 4 aromatic rings. The van der Waals surface area contributed by atoms with E-state index in [1.165, 1.54) is 25.6 Å². The van der Waals surface area contributed by atoms with Gasteiger partial charge in [0.2, 0.25) is 11.8 Å². The first kappa shape index (κ1) is 62.7. The van der Waals surface area contributed by atoms with E-state index in [0.29, 0.717) is 81.7 Å². The van der Waals surface area contributed by atoms with E-state index in [2.05, 4.69) is 36.6 Å². The molecule has 79 heavy (non-hydrogen) atoms. The number of ether oxygens (including phenoxy) is 5. The first-order valence-corrected chi connectivity index (χ1v) is 27.2. The van der Waals surface area contributed by atoms with Crippen LogP contribution in [-0.2, 0) is 74.5 Å². The monoisotopic (exact) mass is 1150 g/mol. The number of nitrogens with zero attached hydrogens (tertiary/aromatic N) is 2. The Hall–Kier alpha value is -5.50. The van der Waals surface area contributed by atoms with Crippen molar-refractivity contribution in [1.82, 2.24) is 31.2 Å². The summed E-state index contributed by atoms with van der Waals surface area (Å²) in [6.07, 6.45) is 4.74. The van der Waals surface area contributed by atoms with Gasteiger partial charge in [0.05, 0.1) is 62.7 Å². The number of hydrogen-bond acceptors (Lipinski definition) is 22. The number of methoxy groups -OCH3 is 1. The van der Waals surface area contributed by atoms with Gasteiger partial charge in [-0.1, -0.05) is 30.2 Å². The van der Waals surface area contributed by atoms with Gasteiger partial charge >= 0.3 is 6.03 Å². The Morgan fingerprint density at radius 2 is 1.30 bits per heavy atom. The van der Waals surface area contributed by atoms with E-state index in [0.717, 1.165) is 25.0 Å². The number of unbranched alkanes of at least 4 members (excludes halogenated alkanes) is 1. The van der Waals surface area contributed by atoms with E-state index in [-0.39, 0.29) is 141 Å². The number of benzene rings is 3. The predicted octanol–water partition coefficient (Wildman–Crippen LogP) is 5.25. The van der Waals surface area contributed by atoms with Gasteiger partial charge in [0.25, 0.3) is 0 Å². The predicted molar refractivity (Wildman–Crippen MR) is 283 cm³/mol. The summed E-state index contributed by atoms with van der Waals surface area (Å²) in [4.78, 5) is 94.5. The summed E-state index contributed by atoms with van der Waals surface area (Å²) in [5.41, 5.74) is 1.92. The molecule has 5 N–H and O–H groups in total. The Bertz CT molecular complexity index is 2430. The van der Waals surface area contributed by atoms with Gasteiger partial charge in [0, 0.05) is 47.5 Å². The number of halogens is 2. The van der Waals surface area contributed by atoms with Crippen LogP contribution in [0.5, 0.6) is 17.2 Å². The highest BCUT2D eigenvalue weighted by Crippen LogP contribution is 2.36. The fourth-order valence-electron chi connectivity index (χ4n) is 7.54. The van der Waals surface area contributed by atoms with Crippen molar-refractivity contribution in [2.45, 2.75) is 56.0 Å². The number of aromatic nitrogens is 2. The normalized spacial score (nSPS) is 15.6. The lowest BCUT2D eigenvalue weighted by Crippen LogP contribution is -2.36. The summed E-state index contributed by atoms with van der Waals surface area (Å²) in [6.45, 7) is 3.18. The van der Waals surface area contributed by atoms with Crippen LogP contribution >= 0.6 is 23.4 Å². The van der Waals surface area contributed by atoms with Gasteiger partial charge in [-0.25, -0.2) is 68.0 Å². The largest absolute Gasteiger partial charge is 0.493 e. The first-order valence-electron chi connectivity index (χ1n) is 25.7. The lowest BCUT2D eigenvalue weighted by molar-refractivity contribution is -0.372. The molecular weight excluding hydrogens is 1090 g/mol. The Kier molecular flexibility index (Phi) is 29.7. The zero-order valence-corrected chi connectivity index (χ0v) is 45.5. The number of urea groups is 1. The molecule has 28 heteroatoms. The van der Waals surface area contributed by atoms with E-state index in [9.17, 15) is 18.8 Å². The van der Waals surface area contributed by atoms with Crippen LogP contribution in [0.3, 0.4) is 0 Å². The van der Waals surface area contributed by atoms with Crippen LogP contribution in [0.15, 0.2) is 60.9 Å². The van der Waals surface area contributed by atoms with E-state index < -0.39 is 0 Å². The molecule has 25 nitrogen and oxygen atoms in total. The second-order valence-electron chi connectivity index (χ2n) is 17.0. The average molecular weight is 1150 g/mol. The number of fused-ring (bicyclic) bond motifs is 2. The summed E-state index contributed by atoms with van der Waals surface area (Å²) in [7, 11) is 1.52. The molecule has 0 bridgehead atoms. The number of carbonyl (C=O) groups excluding carboxylic acids is 3. The van der Waals surface area contributed by atoms with Crippen molar-refractivity contribution < 1.29 is 91.3 Å². The molecule has 2 aliphatic heterocycles. The van der Waals surface area contributed by atoms with Gasteiger partial charge in [0.1, 0.15) is 103 Å². The van der Waals surface area contributed by atoms with E-state index in [4.69, 9.17) is 84.2 Å². The Morgan fingerprint density at radius 3 is 1.95 bits per heavy atom. The van der Waals surface area contributed by atoms with Crippen molar-refractivity contribution in [3.63, 3.8) is 0 Å². The van der Waals surface area contributed by atoms with Gasteiger partial charge < -0.3 is 50.3 Å². The molecule has 0 aliphatic carbocycles. The highest BCUT2D eigenvalue weighted by molar-refractivity contribution is 8.00. The molecule has 2 saturated heterocycles. The molecule has 3 atom stereocenters. The molecule has 0 radical (unpaired) electrons. The number of hydrogen-bond donors (Lipinski definition) is 5. The molecular formula is C51H69ClFN7O18S. The molecule has 3 heterocycles. The zero-order valence-electron chi connectivity index (χ0n) is 43.9. The Morgan fingerprint density at radius 1 is 0.671 bits per heavy atom. The smallest absolute Gasteiger partial charge is 0.315 e. The molecule has 0 saturated carbocycles. The molecule has 3 aromatic carbocycles. The van der Waals surface area contributed by atoms with E-state index in [1.54, 1.807) is 42.5 Å². The fourth-order valence-corrected chi connectivity index (χ4v) is 9.32. The highest BCUT2D eigenvalue weighted by Gasteiger charge is 2.42. The van der Waals surface area contributed by atoms with Gasteiger partial charge in [-0.3, -0.25) is 9.59 Å². The summed E-state index contributed by atoms with van der Waals surface area (Å²) >= 11 is 8.39. The number of anilines is 2. The van der Waals surface area contributed by atoms with E-state index in [1.807, 2.05) is 11.8 Å². The van der Waals surface area contributed by atoms with Crippen LogP contribution in [0.4, 0.5) is 20.7 Å². The summed E-state index contributed by atoms with van der Waals surface area (Å²) in [5.74, 6) is 2.17. The lowest BCUT2D eigenvalue weighted by atomic mass is 10.0. The van der Waals surface area contributed by atoms with Gasteiger partial charge in [-0.15, -0.1) is 0 Å². The van der Waals surface area contributed by atoms with Crippen molar-refractivity contribution in [3.05, 3.63) is 77.3 Å². The second-order valence-corrected chi connectivity index (χ2v) is 18.7. The highest BCUT2D eigenvalue weighted by atomic mass is 35.5. The van der Waals surface area contributed by atoms with Crippen molar-refractivity contribution in [3.8, 4) is 17.2 Å². The van der Waals surface area contributed by atoms with Crippen molar-refractivity contribution >= 4 is 63.6 Å². The number of thioether (sulfide) groups is 1. The zero-order chi connectivity index (χ0) is 55.5.